The minimum absolute atomic E-state index is 0. The smallest absolute Gasteiger partial charge is 0.243 e. The van der Waals surface area contributed by atoms with Crippen LogP contribution in [0, 0.1) is 11.7 Å². The molecule has 0 bridgehead atoms. The Morgan fingerprint density at radius 1 is 1.32 bits per heavy atom. The molecule has 1 aliphatic rings. The van der Waals surface area contributed by atoms with Crippen LogP contribution in [0.1, 0.15) is 13.3 Å². The van der Waals surface area contributed by atoms with Crippen molar-refractivity contribution in [2.75, 3.05) is 13.1 Å². The Morgan fingerprint density at radius 3 is 2.42 bits per heavy atom. The number of sulfonamides is 1. The van der Waals surface area contributed by atoms with Gasteiger partial charge in [-0.25, -0.2) is 12.8 Å². The summed E-state index contributed by atoms with van der Waals surface area (Å²) in [5, 5.41) is 0. The largest absolute Gasteiger partial charge is 0.327 e. The molecule has 0 amide bonds. The molecule has 1 fully saturated rings. The van der Waals surface area contributed by atoms with Crippen LogP contribution < -0.4 is 5.73 Å². The first-order valence-corrected chi connectivity index (χ1v) is 7.36. The molecule has 1 heterocycles. The lowest BCUT2D eigenvalue weighted by atomic mass is 9.96. The fourth-order valence-electron chi connectivity index (χ4n) is 2.10. The molecule has 2 unspecified atom stereocenters. The highest BCUT2D eigenvalue weighted by Gasteiger charge is 2.31. The maximum absolute atomic E-state index is 12.8. The van der Waals surface area contributed by atoms with Gasteiger partial charge in [0.15, 0.2) is 0 Å². The summed E-state index contributed by atoms with van der Waals surface area (Å²) in [7, 11) is -3.52. The van der Waals surface area contributed by atoms with Gasteiger partial charge in [-0.3, -0.25) is 0 Å². The summed E-state index contributed by atoms with van der Waals surface area (Å²) in [6.45, 7) is 2.78. The molecular formula is C12H18ClFN2O2S. The van der Waals surface area contributed by atoms with Crippen LogP contribution >= 0.6 is 12.4 Å². The summed E-state index contributed by atoms with van der Waals surface area (Å²) >= 11 is 0. The second-order valence-electron chi connectivity index (χ2n) is 4.75. The summed E-state index contributed by atoms with van der Waals surface area (Å²) in [6.07, 6.45) is 0.654. The Kier molecular flexibility index (Phi) is 5.32. The topological polar surface area (TPSA) is 63.4 Å². The minimum Gasteiger partial charge on any atom is -0.327 e. The van der Waals surface area contributed by atoms with Crippen LogP contribution in [0.2, 0.25) is 0 Å². The van der Waals surface area contributed by atoms with Gasteiger partial charge < -0.3 is 5.73 Å². The maximum Gasteiger partial charge on any atom is 0.243 e. The van der Waals surface area contributed by atoms with Crippen molar-refractivity contribution in [2.24, 2.45) is 11.7 Å². The van der Waals surface area contributed by atoms with Crippen molar-refractivity contribution < 1.29 is 12.8 Å². The molecule has 0 spiro atoms. The number of nitrogens with two attached hydrogens (primary N) is 1. The molecule has 1 aliphatic heterocycles. The molecule has 1 aromatic rings. The van der Waals surface area contributed by atoms with Crippen LogP contribution in [0.4, 0.5) is 4.39 Å². The third-order valence-corrected chi connectivity index (χ3v) is 5.27. The van der Waals surface area contributed by atoms with Crippen LogP contribution in [0.5, 0.6) is 0 Å². The van der Waals surface area contributed by atoms with Gasteiger partial charge in [-0.15, -0.1) is 12.4 Å². The number of hydrogen-bond acceptors (Lipinski definition) is 3. The first-order chi connectivity index (χ1) is 8.41. The molecule has 1 aromatic carbocycles. The average molecular weight is 309 g/mol. The summed E-state index contributed by atoms with van der Waals surface area (Å²) in [5.74, 6) is -0.308. The monoisotopic (exact) mass is 308 g/mol. The number of piperidine rings is 1. The lowest BCUT2D eigenvalue weighted by Gasteiger charge is -2.34. The van der Waals surface area contributed by atoms with E-state index in [1.807, 2.05) is 6.92 Å². The van der Waals surface area contributed by atoms with E-state index in [0.29, 0.717) is 19.5 Å². The minimum atomic E-state index is -3.52. The van der Waals surface area contributed by atoms with E-state index >= 15 is 0 Å². The van der Waals surface area contributed by atoms with E-state index in [2.05, 4.69) is 0 Å². The Hall–Kier alpha value is -0.690. The molecule has 19 heavy (non-hydrogen) atoms. The Morgan fingerprint density at radius 2 is 1.89 bits per heavy atom. The SMILES string of the molecule is CC1CN(S(=O)(=O)c2ccc(F)cc2)CCC1N.Cl. The van der Waals surface area contributed by atoms with Gasteiger partial charge in [0.2, 0.25) is 10.0 Å². The van der Waals surface area contributed by atoms with Crippen molar-refractivity contribution in [3.63, 3.8) is 0 Å². The third-order valence-electron chi connectivity index (χ3n) is 3.39. The summed E-state index contributed by atoms with van der Waals surface area (Å²) < 4.78 is 38.9. The van der Waals surface area contributed by atoms with Crippen LogP contribution in [0.25, 0.3) is 0 Å². The van der Waals surface area contributed by atoms with E-state index in [9.17, 15) is 12.8 Å². The van der Waals surface area contributed by atoms with Crippen molar-refractivity contribution >= 4 is 22.4 Å². The zero-order valence-corrected chi connectivity index (χ0v) is 12.3. The van der Waals surface area contributed by atoms with E-state index < -0.39 is 15.8 Å². The van der Waals surface area contributed by atoms with Crippen molar-refractivity contribution in [3.8, 4) is 0 Å². The summed E-state index contributed by atoms with van der Waals surface area (Å²) in [5.41, 5.74) is 5.87. The molecular weight excluding hydrogens is 291 g/mol. The fraction of sp³-hybridized carbons (Fsp3) is 0.500. The highest BCUT2D eigenvalue weighted by Crippen LogP contribution is 2.23. The number of nitrogens with zero attached hydrogens (tertiary/aromatic N) is 1. The van der Waals surface area contributed by atoms with Gasteiger partial charge in [0, 0.05) is 19.1 Å². The quantitative estimate of drug-likeness (QED) is 0.902. The third kappa shape index (κ3) is 3.45. The van der Waals surface area contributed by atoms with Crippen molar-refractivity contribution in [1.82, 2.24) is 4.31 Å². The second-order valence-corrected chi connectivity index (χ2v) is 6.68. The van der Waals surface area contributed by atoms with E-state index in [0.717, 1.165) is 12.1 Å². The van der Waals surface area contributed by atoms with Crippen molar-refractivity contribution in [3.05, 3.63) is 30.1 Å². The number of rotatable bonds is 2. The predicted octanol–water partition coefficient (Wildman–Crippen LogP) is 1.61. The lowest BCUT2D eigenvalue weighted by molar-refractivity contribution is 0.250. The molecule has 7 heteroatoms. The second kappa shape index (κ2) is 6.17. The highest BCUT2D eigenvalue weighted by atomic mass is 35.5. The fourth-order valence-corrected chi connectivity index (χ4v) is 3.65. The van der Waals surface area contributed by atoms with Crippen LogP contribution in [0.15, 0.2) is 29.2 Å². The molecule has 2 N–H and O–H groups in total. The lowest BCUT2D eigenvalue weighted by Crippen LogP contribution is -2.48. The van der Waals surface area contributed by atoms with E-state index in [1.54, 1.807) is 0 Å². The molecule has 0 radical (unpaired) electrons. The van der Waals surface area contributed by atoms with Crippen LogP contribution in [-0.4, -0.2) is 31.9 Å². The van der Waals surface area contributed by atoms with Gasteiger partial charge >= 0.3 is 0 Å². The Balaban J connectivity index is 0.00000180. The van der Waals surface area contributed by atoms with E-state index in [-0.39, 0.29) is 29.3 Å². The molecule has 2 rings (SSSR count). The molecule has 0 aromatic heterocycles. The van der Waals surface area contributed by atoms with Gasteiger partial charge in [-0.1, -0.05) is 6.92 Å². The number of benzene rings is 1. The van der Waals surface area contributed by atoms with E-state index in [1.165, 1.54) is 16.4 Å². The highest BCUT2D eigenvalue weighted by molar-refractivity contribution is 7.89. The van der Waals surface area contributed by atoms with Gasteiger partial charge in [0.05, 0.1) is 4.90 Å². The van der Waals surface area contributed by atoms with E-state index in [4.69, 9.17) is 5.73 Å². The number of hydrogen-bond donors (Lipinski definition) is 1. The zero-order valence-electron chi connectivity index (χ0n) is 10.6. The van der Waals surface area contributed by atoms with Crippen molar-refractivity contribution in [2.45, 2.75) is 24.3 Å². The first-order valence-electron chi connectivity index (χ1n) is 5.92. The van der Waals surface area contributed by atoms with Crippen molar-refractivity contribution in [1.29, 1.82) is 0 Å². The molecule has 2 atom stereocenters. The number of halogens is 2. The van der Waals surface area contributed by atoms with Crippen LogP contribution in [-0.2, 0) is 10.0 Å². The standard InChI is InChI=1S/C12H17FN2O2S.ClH/c1-9-8-15(7-6-12(9)14)18(16,17)11-4-2-10(13)3-5-11;/h2-5,9,12H,6-8,14H2,1H3;1H. The Bertz CT molecular complexity index is 521. The van der Waals surface area contributed by atoms with Gasteiger partial charge in [0.25, 0.3) is 0 Å². The summed E-state index contributed by atoms with van der Waals surface area (Å²) in [4.78, 5) is 0.131. The Labute approximate surface area is 119 Å². The molecule has 0 aliphatic carbocycles. The van der Waals surface area contributed by atoms with Gasteiger partial charge in [-0.2, -0.15) is 4.31 Å². The normalized spacial score (nSPS) is 24.8. The molecule has 4 nitrogen and oxygen atoms in total. The van der Waals surface area contributed by atoms with Crippen LogP contribution in [0.3, 0.4) is 0 Å². The molecule has 0 saturated carbocycles. The first kappa shape index (κ1) is 16.4. The predicted molar refractivity (Wildman–Crippen MR) is 74.2 cm³/mol. The maximum atomic E-state index is 12.8. The average Bonchev–Trinajstić information content (AvgIpc) is 2.33. The van der Waals surface area contributed by atoms with Gasteiger partial charge in [0.1, 0.15) is 5.82 Å². The summed E-state index contributed by atoms with van der Waals surface area (Å²) in [6, 6.07) is 4.95. The van der Waals surface area contributed by atoms with Gasteiger partial charge in [-0.05, 0) is 36.6 Å². The molecule has 1 saturated heterocycles. The zero-order chi connectivity index (χ0) is 13.3. The molecule has 108 valence electrons.